The maximum Gasteiger partial charge on any atom is 0.417 e. The summed E-state index contributed by atoms with van der Waals surface area (Å²) in [5, 5.41) is 9.06. The summed E-state index contributed by atoms with van der Waals surface area (Å²) in [7, 11) is 0. The van der Waals surface area contributed by atoms with E-state index in [1.807, 2.05) is 0 Å². The number of benzene rings is 1. The quantitative estimate of drug-likeness (QED) is 0.867. The van der Waals surface area contributed by atoms with Gasteiger partial charge in [0.2, 0.25) is 5.91 Å². The standard InChI is InChI=1S/C18H19F3N2O4/c19-18(20,21)14-4-2-1-3-13(14)16(25)22-7-5-12(6-8-22)23-10-11(17(26)27)9-15(23)24/h1-4,11-12H,5-10H2,(H,26,27). The van der Waals surface area contributed by atoms with Crippen molar-refractivity contribution in [1.29, 1.82) is 0 Å². The van der Waals surface area contributed by atoms with Gasteiger partial charge in [-0.25, -0.2) is 0 Å². The molecule has 2 fully saturated rings. The van der Waals surface area contributed by atoms with Crippen molar-refractivity contribution < 1.29 is 32.7 Å². The van der Waals surface area contributed by atoms with Crippen LogP contribution in [0.5, 0.6) is 0 Å². The number of halogens is 3. The van der Waals surface area contributed by atoms with Gasteiger partial charge in [0.15, 0.2) is 0 Å². The number of piperidine rings is 1. The molecular weight excluding hydrogens is 365 g/mol. The van der Waals surface area contributed by atoms with Crippen molar-refractivity contribution in [2.75, 3.05) is 19.6 Å². The lowest BCUT2D eigenvalue weighted by Gasteiger charge is -2.37. The minimum atomic E-state index is -4.61. The molecule has 3 rings (SSSR count). The van der Waals surface area contributed by atoms with E-state index in [0.29, 0.717) is 12.8 Å². The van der Waals surface area contributed by atoms with Gasteiger partial charge in [0, 0.05) is 32.1 Å². The third kappa shape index (κ3) is 3.91. The van der Waals surface area contributed by atoms with Crippen LogP contribution in [-0.4, -0.2) is 58.4 Å². The van der Waals surface area contributed by atoms with Gasteiger partial charge in [-0.3, -0.25) is 14.4 Å². The lowest BCUT2D eigenvalue weighted by Crippen LogP contribution is -2.47. The second kappa shape index (κ2) is 7.21. The molecule has 1 aromatic carbocycles. The predicted molar refractivity (Wildman–Crippen MR) is 87.8 cm³/mol. The molecule has 1 aromatic rings. The van der Waals surface area contributed by atoms with Crippen LogP contribution in [0.15, 0.2) is 24.3 Å². The van der Waals surface area contributed by atoms with Crippen LogP contribution in [0, 0.1) is 5.92 Å². The average molecular weight is 384 g/mol. The van der Waals surface area contributed by atoms with Gasteiger partial charge in [-0.15, -0.1) is 0 Å². The highest BCUT2D eigenvalue weighted by molar-refractivity contribution is 5.96. The number of nitrogens with zero attached hydrogens (tertiary/aromatic N) is 2. The van der Waals surface area contributed by atoms with Crippen LogP contribution in [-0.2, 0) is 15.8 Å². The first kappa shape index (κ1) is 19.2. The predicted octanol–water partition coefficient (Wildman–Crippen LogP) is 2.24. The summed E-state index contributed by atoms with van der Waals surface area (Å²) in [6.45, 7) is 0.581. The molecule has 1 unspecified atom stereocenters. The van der Waals surface area contributed by atoms with E-state index in [0.717, 1.165) is 6.07 Å². The zero-order chi connectivity index (χ0) is 19.8. The minimum absolute atomic E-state index is 0.0343. The molecule has 2 saturated heterocycles. The van der Waals surface area contributed by atoms with Crippen molar-refractivity contribution in [3.8, 4) is 0 Å². The SMILES string of the molecule is O=C(O)C1CC(=O)N(C2CCN(C(=O)c3ccccc3C(F)(F)F)CC2)C1. The monoisotopic (exact) mass is 384 g/mol. The molecule has 0 bridgehead atoms. The van der Waals surface area contributed by atoms with E-state index in [1.165, 1.54) is 28.0 Å². The molecule has 0 aliphatic carbocycles. The normalized spacial score (nSPS) is 21.6. The van der Waals surface area contributed by atoms with Crippen molar-refractivity contribution in [2.45, 2.75) is 31.5 Å². The Kier molecular flexibility index (Phi) is 5.12. The molecule has 6 nitrogen and oxygen atoms in total. The van der Waals surface area contributed by atoms with Gasteiger partial charge < -0.3 is 14.9 Å². The van der Waals surface area contributed by atoms with Crippen LogP contribution in [0.2, 0.25) is 0 Å². The van der Waals surface area contributed by atoms with Gasteiger partial charge in [-0.1, -0.05) is 12.1 Å². The molecule has 27 heavy (non-hydrogen) atoms. The Morgan fingerprint density at radius 3 is 2.30 bits per heavy atom. The number of carbonyl (C=O) groups is 3. The Morgan fingerprint density at radius 2 is 1.74 bits per heavy atom. The molecular formula is C18H19F3N2O4. The zero-order valence-corrected chi connectivity index (χ0v) is 14.4. The van der Waals surface area contributed by atoms with Crippen molar-refractivity contribution in [3.63, 3.8) is 0 Å². The fourth-order valence-electron chi connectivity index (χ4n) is 3.72. The highest BCUT2D eigenvalue weighted by Crippen LogP contribution is 2.33. The molecule has 0 saturated carbocycles. The van der Waals surface area contributed by atoms with Gasteiger partial charge in [0.25, 0.3) is 5.91 Å². The van der Waals surface area contributed by atoms with Gasteiger partial charge in [0.05, 0.1) is 17.0 Å². The number of hydrogen-bond acceptors (Lipinski definition) is 3. The smallest absolute Gasteiger partial charge is 0.417 e. The molecule has 2 aliphatic rings. The lowest BCUT2D eigenvalue weighted by atomic mass is 10.0. The summed E-state index contributed by atoms with van der Waals surface area (Å²) in [5.41, 5.74) is -1.34. The fourth-order valence-corrected chi connectivity index (χ4v) is 3.72. The van der Waals surface area contributed by atoms with E-state index in [1.54, 1.807) is 0 Å². The summed E-state index contributed by atoms with van der Waals surface area (Å²) < 4.78 is 39.4. The van der Waals surface area contributed by atoms with Gasteiger partial charge in [0.1, 0.15) is 0 Å². The summed E-state index contributed by atoms with van der Waals surface area (Å²) in [6, 6.07) is 4.49. The number of hydrogen-bond donors (Lipinski definition) is 1. The Morgan fingerprint density at radius 1 is 1.11 bits per heavy atom. The Labute approximate surface area is 153 Å². The molecule has 2 aliphatic heterocycles. The number of likely N-dealkylation sites (tertiary alicyclic amines) is 2. The number of aliphatic carboxylic acids is 1. The van der Waals surface area contributed by atoms with Gasteiger partial charge >= 0.3 is 12.1 Å². The molecule has 1 atom stereocenters. The van der Waals surface area contributed by atoms with Crippen LogP contribution in [0.1, 0.15) is 35.2 Å². The Balaban J connectivity index is 1.66. The average Bonchev–Trinajstić information content (AvgIpc) is 3.03. The molecule has 2 heterocycles. The fraction of sp³-hybridized carbons (Fsp3) is 0.500. The van der Waals surface area contributed by atoms with Crippen LogP contribution >= 0.6 is 0 Å². The maximum absolute atomic E-state index is 13.1. The second-order valence-electron chi connectivity index (χ2n) is 6.85. The third-order valence-electron chi connectivity index (χ3n) is 5.16. The zero-order valence-electron chi connectivity index (χ0n) is 14.4. The summed E-state index contributed by atoms with van der Waals surface area (Å²) >= 11 is 0. The van der Waals surface area contributed by atoms with Crippen LogP contribution in [0.3, 0.4) is 0 Å². The van der Waals surface area contributed by atoms with Crippen LogP contribution < -0.4 is 0 Å². The van der Waals surface area contributed by atoms with E-state index in [9.17, 15) is 27.6 Å². The second-order valence-corrected chi connectivity index (χ2v) is 6.85. The van der Waals surface area contributed by atoms with Crippen LogP contribution in [0.4, 0.5) is 13.2 Å². The van der Waals surface area contributed by atoms with Crippen molar-refractivity contribution in [1.82, 2.24) is 9.80 Å². The highest BCUT2D eigenvalue weighted by Gasteiger charge is 2.40. The van der Waals surface area contributed by atoms with E-state index >= 15 is 0 Å². The van der Waals surface area contributed by atoms with Crippen LogP contribution in [0.25, 0.3) is 0 Å². The first-order chi connectivity index (χ1) is 12.7. The Hall–Kier alpha value is -2.58. The molecule has 1 N–H and O–H groups in total. The number of carboxylic acid groups (broad SMARTS) is 1. The largest absolute Gasteiger partial charge is 0.481 e. The minimum Gasteiger partial charge on any atom is -0.481 e. The Bertz CT molecular complexity index is 757. The highest BCUT2D eigenvalue weighted by atomic mass is 19.4. The molecule has 9 heteroatoms. The van der Waals surface area contributed by atoms with E-state index in [-0.39, 0.29) is 43.6 Å². The first-order valence-corrected chi connectivity index (χ1v) is 8.66. The summed E-state index contributed by atoms with van der Waals surface area (Å²) in [5.74, 6) is -2.65. The van der Waals surface area contributed by atoms with Crippen molar-refractivity contribution in [2.24, 2.45) is 5.92 Å². The number of carbonyl (C=O) groups excluding carboxylic acids is 2. The van der Waals surface area contributed by atoms with Crippen molar-refractivity contribution in [3.05, 3.63) is 35.4 Å². The van der Waals surface area contributed by atoms with Crippen molar-refractivity contribution >= 4 is 17.8 Å². The number of carboxylic acids is 1. The van der Waals surface area contributed by atoms with E-state index in [2.05, 4.69) is 0 Å². The number of alkyl halides is 3. The third-order valence-corrected chi connectivity index (χ3v) is 5.16. The van der Waals surface area contributed by atoms with Gasteiger partial charge in [-0.2, -0.15) is 13.2 Å². The molecule has 0 aromatic heterocycles. The number of amides is 2. The molecule has 2 amide bonds. The summed E-state index contributed by atoms with van der Waals surface area (Å²) in [6.07, 6.45) is -3.82. The van der Waals surface area contributed by atoms with E-state index in [4.69, 9.17) is 5.11 Å². The van der Waals surface area contributed by atoms with Gasteiger partial charge in [-0.05, 0) is 25.0 Å². The lowest BCUT2D eigenvalue weighted by molar-refractivity contribution is -0.141. The summed E-state index contributed by atoms with van der Waals surface area (Å²) in [4.78, 5) is 38.6. The first-order valence-electron chi connectivity index (χ1n) is 8.66. The topological polar surface area (TPSA) is 77.9 Å². The molecule has 0 radical (unpaired) electrons. The molecule has 0 spiro atoms. The maximum atomic E-state index is 13.1. The number of rotatable bonds is 3. The molecule has 146 valence electrons. The van der Waals surface area contributed by atoms with E-state index < -0.39 is 29.5 Å².